The maximum absolute atomic E-state index is 11.9. The van der Waals surface area contributed by atoms with Gasteiger partial charge in [-0.15, -0.1) is 0 Å². The number of aliphatic carboxylic acids is 1. The number of carboxylic acids is 1. The molecule has 0 amide bonds. The molecule has 0 saturated heterocycles. The van der Waals surface area contributed by atoms with Gasteiger partial charge in [-0.05, 0) is 20.3 Å². The molecule has 0 rings (SSSR count). The summed E-state index contributed by atoms with van der Waals surface area (Å²) in [6.07, 6.45) is 0.233. The van der Waals surface area contributed by atoms with Crippen molar-refractivity contribution in [2.24, 2.45) is 0 Å². The minimum atomic E-state index is -3.40. The van der Waals surface area contributed by atoms with Crippen LogP contribution in [0.3, 0.4) is 0 Å². The Bertz CT molecular complexity index is 326. The Balaban J connectivity index is 4.51. The summed E-state index contributed by atoms with van der Waals surface area (Å²) in [5.41, 5.74) is 0. The van der Waals surface area contributed by atoms with Crippen LogP contribution in [0.4, 0.5) is 0 Å². The molecule has 0 aromatic carbocycles. The second-order valence-electron chi connectivity index (χ2n) is 4.01. The summed E-state index contributed by atoms with van der Waals surface area (Å²) in [4.78, 5) is 10.5. The largest absolute Gasteiger partial charge is 0.481 e. The predicted molar refractivity (Wildman–Crippen MR) is 64.4 cm³/mol. The van der Waals surface area contributed by atoms with Crippen LogP contribution >= 0.6 is 0 Å². The molecular weight excluding hydrogens is 246 g/mol. The Labute approximate surface area is 103 Å². The summed E-state index contributed by atoms with van der Waals surface area (Å²) in [6.45, 7) is 3.86. The highest BCUT2D eigenvalue weighted by atomic mass is 32.2. The topological polar surface area (TPSA) is 83.9 Å². The summed E-state index contributed by atoms with van der Waals surface area (Å²) < 4.78 is 29.9. The van der Waals surface area contributed by atoms with Crippen LogP contribution in [-0.2, 0) is 19.6 Å². The van der Waals surface area contributed by atoms with Crippen molar-refractivity contribution in [2.45, 2.75) is 32.7 Å². The average Bonchev–Trinajstić information content (AvgIpc) is 2.16. The fourth-order valence-electron chi connectivity index (χ4n) is 1.43. The van der Waals surface area contributed by atoms with E-state index in [-0.39, 0.29) is 24.8 Å². The number of hydrogen-bond acceptors (Lipinski definition) is 4. The number of hydrogen-bond donors (Lipinski definition) is 1. The van der Waals surface area contributed by atoms with Gasteiger partial charge in [-0.2, -0.15) is 4.31 Å². The fraction of sp³-hybridized carbons (Fsp3) is 0.900. The first kappa shape index (κ1) is 16.3. The zero-order valence-corrected chi connectivity index (χ0v) is 11.4. The van der Waals surface area contributed by atoms with E-state index in [4.69, 9.17) is 9.84 Å². The minimum absolute atomic E-state index is 0.0152. The summed E-state index contributed by atoms with van der Waals surface area (Å²) in [6, 6.07) is -0.234. The number of methoxy groups -OCH3 is 1. The zero-order chi connectivity index (χ0) is 13.5. The molecule has 0 aliphatic rings. The zero-order valence-electron chi connectivity index (χ0n) is 10.5. The normalized spacial score (nSPS) is 12.3. The molecule has 0 aromatic rings. The summed E-state index contributed by atoms with van der Waals surface area (Å²) in [5, 5.41) is 8.58. The molecule has 0 unspecified atom stereocenters. The third kappa shape index (κ3) is 6.60. The number of rotatable bonds is 9. The van der Waals surface area contributed by atoms with Gasteiger partial charge in [0, 0.05) is 26.3 Å². The van der Waals surface area contributed by atoms with Crippen molar-refractivity contribution in [1.82, 2.24) is 4.31 Å². The van der Waals surface area contributed by atoms with Gasteiger partial charge in [-0.1, -0.05) is 0 Å². The number of sulfonamides is 1. The van der Waals surface area contributed by atoms with Gasteiger partial charge < -0.3 is 9.84 Å². The first-order valence-corrected chi connectivity index (χ1v) is 7.12. The Morgan fingerprint density at radius 3 is 2.41 bits per heavy atom. The van der Waals surface area contributed by atoms with Crippen LogP contribution in [0.5, 0.6) is 0 Å². The van der Waals surface area contributed by atoms with E-state index in [9.17, 15) is 13.2 Å². The smallest absolute Gasteiger partial charge is 0.304 e. The highest BCUT2D eigenvalue weighted by molar-refractivity contribution is 7.89. The standard InChI is InChI=1S/C10H21NO5S/c1-9(2)11(6-5-10(12)13)17(14,15)8-4-7-16-3/h9H,4-8H2,1-3H3,(H,12,13). The van der Waals surface area contributed by atoms with Crippen molar-refractivity contribution in [3.8, 4) is 0 Å². The van der Waals surface area contributed by atoms with Crippen LogP contribution in [0.25, 0.3) is 0 Å². The highest BCUT2D eigenvalue weighted by Gasteiger charge is 2.24. The molecular formula is C10H21NO5S. The molecule has 0 aliphatic carbocycles. The number of nitrogens with zero attached hydrogens (tertiary/aromatic N) is 1. The van der Waals surface area contributed by atoms with E-state index in [0.29, 0.717) is 13.0 Å². The lowest BCUT2D eigenvalue weighted by molar-refractivity contribution is -0.137. The molecule has 6 nitrogen and oxygen atoms in total. The Hall–Kier alpha value is -0.660. The molecule has 7 heteroatoms. The van der Waals surface area contributed by atoms with E-state index in [1.165, 1.54) is 11.4 Å². The maximum Gasteiger partial charge on any atom is 0.304 e. The van der Waals surface area contributed by atoms with E-state index < -0.39 is 16.0 Å². The molecule has 17 heavy (non-hydrogen) atoms. The summed E-state index contributed by atoms with van der Waals surface area (Å²) in [7, 11) is -1.89. The van der Waals surface area contributed by atoms with Crippen LogP contribution < -0.4 is 0 Å². The fourth-order valence-corrected chi connectivity index (χ4v) is 3.16. The first-order valence-electron chi connectivity index (χ1n) is 5.51. The molecule has 0 radical (unpaired) electrons. The molecule has 0 aliphatic heterocycles. The van der Waals surface area contributed by atoms with Gasteiger partial charge >= 0.3 is 5.97 Å². The van der Waals surface area contributed by atoms with Crippen molar-refractivity contribution < 1.29 is 23.1 Å². The van der Waals surface area contributed by atoms with Crippen LogP contribution in [0, 0.1) is 0 Å². The van der Waals surface area contributed by atoms with E-state index in [0.717, 1.165) is 0 Å². The molecule has 0 fully saturated rings. The molecule has 1 N–H and O–H groups in total. The van der Waals surface area contributed by atoms with Gasteiger partial charge in [-0.25, -0.2) is 8.42 Å². The lowest BCUT2D eigenvalue weighted by Gasteiger charge is -2.25. The van der Waals surface area contributed by atoms with E-state index >= 15 is 0 Å². The Morgan fingerprint density at radius 2 is 2.00 bits per heavy atom. The van der Waals surface area contributed by atoms with Gasteiger partial charge in [0.25, 0.3) is 0 Å². The monoisotopic (exact) mass is 267 g/mol. The van der Waals surface area contributed by atoms with Gasteiger partial charge in [0.1, 0.15) is 0 Å². The van der Waals surface area contributed by atoms with Gasteiger partial charge in [0.15, 0.2) is 0 Å². The van der Waals surface area contributed by atoms with Crippen LogP contribution in [0.2, 0.25) is 0 Å². The molecule has 0 saturated carbocycles. The molecule has 0 heterocycles. The van der Waals surface area contributed by atoms with Crippen molar-refractivity contribution in [1.29, 1.82) is 0 Å². The Morgan fingerprint density at radius 1 is 1.41 bits per heavy atom. The average molecular weight is 267 g/mol. The SMILES string of the molecule is COCCCS(=O)(=O)N(CCC(=O)O)C(C)C. The van der Waals surface area contributed by atoms with Gasteiger partial charge in [-0.3, -0.25) is 4.79 Å². The van der Waals surface area contributed by atoms with Crippen molar-refractivity contribution in [3.05, 3.63) is 0 Å². The number of carbonyl (C=O) groups is 1. The third-order valence-electron chi connectivity index (χ3n) is 2.23. The quantitative estimate of drug-likeness (QED) is 0.616. The molecule has 0 aromatic heterocycles. The molecule has 0 bridgehead atoms. The number of ether oxygens (including phenoxy) is 1. The van der Waals surface area contributed by atoms with Gasteiger partial charge in [0.2, 0.25) is 10.0 Å². The third-order valence-corrected chi connectivity index (χ3v) is 4.35. The van der Waals surface area contributed by atoms with E-state index in [2.05, 4.69) is 0 Å². The Kier molecular flexibility index (Phi) is 7.33. The van der Waals surface area contributed by atoms with Crippen molar-refractivity contribution in [3.63, 3.8) is 0 Å². The summed E-state index contributed by atoms with van der Waals surface area (Å²) >= 11 is 0. The highest BCUT2D eigenvalue weighted by Crippen LogP contribution is 2.10. The van der Waals surface area contributed by atoms with Crippen molar-refractivity contribution in [2.75, 3.05) is 26.0 Å². The molecule has 0 spiro atoms. The van der Waals surface area contributed by atoms with E-state index in [1.54, 1.807) is 13.8 Å². The minimum Gasteiger partial charge on any atom is -0.481 e. The number of carboxylic acid groups (broad SMARTS) is 1. The van der Waals surface area contributed by atoms with Gasteiger partial charge in [0.05, 0.1) is 12.2 Å². The predicted octanol–water partition coefficient (Wildman–Crippen LogP) is 0.538. The van der Waals surface area contributed by atoms with E-state index in [1.807, 2.05) is 0 Å². The lowest BCUT2D eigenvalue weighted by atomic mass is 10.3. The second kappa shape index (κ2) is 7.62. The molecule has 102 valence electrons. The second-order valence-corrected chi connectivity index (χ2v) is 6.05. The summed E-state index contributed by atoms with van der Waals surface area (Å²) in [5.74, 6) is -1.01. The van der Waals surface area contributed by atoms with Crippen LogP contribution in [-0.4, -0.2) is 55.9 Å². The lowest BCUT2D eigenvalue weighted by Crippen LogP contribution is -2.40. The van der Waals surface area contributed by atoms with Crippen LogP contribution in [0.1, 0.15) is 26.7 Å². The first-order chi connectivity index (χ1) is 7.81. The molecule has 0 atom stereocenters. The maximum atomic E-state index is 11.9. The van der Waals surface area contributed by atoms with Crippen molar-refractivity contribution >= 4 is 16.0 Å². The van der Waals surface area contributed by atoms with Crippen LogP contribution in [0.15, 0.2) is 0 Å².